The first-order valence-electron chi connectivity index (χ1n) is 10.7. The van der Waals surface area contributed by atoms with Crippen LogP contribution in [0.2, 0.25) is 0 Å². The van der Waals surface area contributed by atoms with E-state index in [-0.39, 0.29) is 16.6 Å². The first-order chi connectivity index (χ1) is 14.3. The molecule has 0 heterocycles. The Morgan fingerprint density at radius 1 is 1.00 bits per heavy atom. The Bertz CT molecular complexity index is 935. The van der Waals surface area contributed by atoms with Crippen LogP contribution in [0.25, 0.3) is 0 Å². The monoisotopic (exact) mass is 429 g/mol. The second-order valence-electron chi connectivity index (χ2n) is 8.37. The highest BCUT2D eigenvalue weighted by Gasteiger charge is 2.39. The van der Waals surface area contributed by atoms with Crippen LogP contribution in [0.1, 0.15) is 54.9 Å². The van der Waals surface area contributed by atoms with Gasteiger partial charge in [-0.25, -0.2) is 13.1 Å². The SMILES string of the molecule is Cc1ccc(S(=O)(=O)N[C@@H](C)[C@@H](C(=O)c2ccccc2)[C@H](O)C2CCCCC2)cc1. The molecule has 0 aromatic heterocycles. The molecule has 5 nitrogen and oxygen atoms in total. The summed E-state index contributed by atoms with van der Waals surface area (Å²) in [6.07, 6.45) is 4.01. The van der Waals surface area contributed by atoms with Crippen molar-refractivity contribution in [1.82, 2.24) is 4.72 Å². The van der Waals surface area contributed by atoms with E-state index in [0.717, 1.165) is 37.7 Å². The molecule has 2 N–H and O–H groups in total. The van der Waals surface area contributed by atoms with Gasteiger partial charge in [-0.15, -0.1) is 0 Å². The lowest BCUT2D eigenvalue weighted by Crippen LogP contribution is -2.49. The minimum Gasteiger partial charge on any atom is -0.392 e. The molecule has 0 bridgehead atoms. The average molecular weight is 430 g/mol. The van der Waals surface area contributed by atoms with Gasteiger partial charge in [-0.05, 0) is 44.7 Å². The summed E-state index contributed by atoms with van der Waals surface area (Å²) >= 11 is 0. The van der Waals surface area contributed by atoms with E-state index in [0.29, 0.717) is 5.56 Å². The first kappa shape index (κ1) is 22.7. The van der Waals surface area contributed by atoms with Gasteiger partial charge in [0, 0.05) is 11.6 Å². The van der Waals surface area contributed by atoms with Crippen molar-refractivity contribution in [3.05, 3.63) is 65.7 Å². The largest absolute Gasteiger partial charge is 0.392 e. The van der Waals surface area contributed by atoms with Crippen molar-refractivity contribution in [1.29, 1.82) is 0 Å². The summed E-state index contributed by atoms with van der Waals surface area (Å²) in [7, 11) is -3.81. The van der Waals surface area contributed by atoms with E-state index in [4.69, 9.17) is 0 Å². The molecule has 1 fully saturated rings. The molecule has 1 saturated carbocycles. The van der Waals surface area contributed by atoms with Gasteiger partial charge in [0.15, 0.2) is 5.78 Å². The van der Waals surface area contributed by atoms with Crippen molar-refractivity contribution in [2.75, 3.05) is 0 Å². The molecule has 0 aliphatic heterocycles. The smallest absolute Gasteiger partial charge is 0.240 e. The Morgan fingerprint density at radius 2 is 1.60 bits per heavy atom. The van der Waals surface area contributed by atoms with Crippen molar-refractivity contribution < 1.29 is 18.3 Å². The first-order valence-corrected chi connectivity index (χ1v) is 12.1. The van der Waals surface area contributed by atoms with E-state index in [1.807, 2.05) is 13.0 Å². The number of rotatable bonds is 8. The van der Waals surface area contributed by atoms with E-state index >= 15 is 0 Å². The third kappa shape index (κ3) is 5.36. The third-order valence-corrected chi connectivity index (χ3v) is 7.65. The van der Waals surface area contributed by atoms with Crippen LogP contribution in [0.5, 0.6) is 0 Å². The molecule has 0 saturated heterocycles. The molecule has 2 aromatic rings. The number of hydrogen-bond donors (Lipinski definition) is 2. The summed E-state index contributed by atoms with van der Waals surface area (Å²) in [5.74, 6) is -1.08. The number of nitrogens with one attached hydrogen (secondary N) is 1. The maximum atomic E-state index is 13.3. The van der Waals surface area contributed by atoms with Gasteiger partial charge in [-0.2, -0.15) is 0 Å². The number of hydrogen-bond acceptors (Lipinski definition) is 4. The van der Waals surface area contributed by atoms with Gasteiger partial charge in [0.2, 0.25) is 10.0 Å². The fourth-order valence-corrected chi connectivity index (χ4v) is 5.61. The highest BCUT2D eigenvalue weighted by Crippen LogP contribution is 2.32. The summed E-state index contributed by atoms with van der Waals surface area (Å²) < 4.78 is 28.5. The molecule has 162 valence electrons. The number of carbonyl (C=O) groups excluding carboxylic acids is 1. The highest BCUT2D eigenvalue weighted by atomic mass is 32.2. The number of sulfonamides is 1. The van der Waals surface area contributed by atoms with Crippen LogP contribution in [0.15, 0.2) is 59.5 Å². The maximum absolute atomic E-state index is 13.3. The van der Waals surface area contributed by atoms with Crippen molar-refractivity contribution in [3.63, 3.8) is 0 Å². The van der Waals surface area contributed by atoms with Crippen LogP contribution >= 0.6 is 0 Å². The molecular formula is C24H31NO4S. The molecule has 0 amide bonds. The quantitative estimate of drug-likeness (QED) is 0.619. The third-order valence-electron chi connectivity index (χ3n) is 6.07. The van der Waals surface area contributed by atoms with Gasteiger partial charge >= 0.3 is 0 Å². The molecule has 0 spiro atoms. The van der Waals surface area contributed by atoms with Crippen LogP contribution in [0, 0.1) is 18.8 Å². The van der Waals surface area contributed by atoms with E-state index in [1.165, 1.54) is 0 Å². The predicted molar refractivity (Wildman–Crippen MR) is 118 cm³/mol. The summed E-state index contributed by atoms with van der Waals surface area (Å²) in [5, 5.41) is 11.2. The number of aliphatic hydroxyl groups excluding tert-OH is 1. The van der Waals surface area contributed by atoms with E-state index in [2.05, 4.69) is 4.72 Å². The number of aliphatic hydroxyl groups is 1. The average Bonchev–Trinajstić information content (AvgIpc) is 2.75. The normalized spacial score (nSPS) is 18.5. The Labute approximate surface area is 179 Å². The number of carbonyl (C=O) groups is 1. The lowest BCUT2D eigenvalue weighted by molar-refractivity contribution is 0.0236. The maximum Gasteiger partial charge on any atom is 0.240 e. The van der Waals surface area contributed by atoms with Crippen LogP contribution in [0.3, 0.4) is 0 Å². The standard InChI is InChI=1S/C24H31NO4S/c1-17-13-15-21(16-14-17)30(28,29)25-18(2)22(23(26)19-9-5-3-6-10-19)24(27)20-11-7-4-8-12-20/h3,5-6,9-10,13-16,18,20,22,24-25,27H,4,7-8,11-12H2,1-2H3/t18-,22-,24+/m0/s1. The summed E-state index contributed by atoms with van der Waals surface area (Å²) in [5.41, 5.74) is 1.45. The number of benzene rings is 2. The Balaban J connectivity index is 1.88. The Morgan fingerprint density at radius 3 is 2.20 bits per heavy atom. The van der Waals surface area contributed by atoms with Crippen LogP contribution < -0.4 is 4.72 Å². The molecule has 0 unspecified atom stereocenters. The Hall–Kier alpha value is -2.02. The molecule has 3 atom stereocenters. The zero-order valence-corrected chi connectivity index (χ0v) is 18.4. The van der Waals surface area contributed by atoms with E-state index < -0.39 is 28.1 Å². The van der Waals surface area contributed by atoms with Gasteiger partial charge in [-0.3, -0.25) is 4.79 Å². The van der Waals surface area contributed by atoms with Gasteiger partial charge in [-0.1, -0.05) is 67.3 Å². The molecule has 1 aliphatic rings. The van der Waals surface area contributed by atoms with Crippen molar-refractivity contribution in [2.24, 2.45) is 11.8 Å². The molecular weight excluding hydrogens is 398 g/mol. The summed E-state index contributed by atoms with van der Waals surface area (Å²) in [4.78, 5) is 13.5. The molecule has 2 aromatic carbocycles. The molecule has 6 heteroatoms. The Kier molecular flexibility index (Phi) is 7.45. The number of aryl methyl sites for hydroxylation is 1. The predicted octanol–water partition coefficient (Wildman–Crippen LogP) is 4.10. The second kappa shape index (κ2) is 9.86. The van der Waals surface area contributed by atoms with Crippen molar-refractivity contribution >= 4 is 15.8 Å². The van der Waals surface area contributed by atoms with Crippen molar-refractivity contribution in [3.8, 4) is 0 Å². The van der Waals surface area contributed by atoms with Crippen LogP contribution in [-0.4, -0.2) is 31.5 Å². The topological polar surface area (TPSA) is 83.5 Å². The fourth-order valence-electron chi connectivity index (χ4n) is 4.35. The molecule has 30 heavy (non-hydrogen) atoms. The van der Waals surface area contributed by atoms with Gasteiger partial charge in [0.1, 0.15) is 0 Å². The van der Waals surface area contributed by atoms with Crippen LogP contribution in [-0.2, 0) is 10.0 Å². The lowest BCUT2D eigenvalue weighted by atomic mass is 9.76. The second-order valence-corrected chi connectivity index (χ2v) is 10.1. The zero-order chi connectivity index (χ0) is 21.7. The minimum absolute atomic E-state index is 0.00254. The minimum atomic E-state index is -3.81. The fraction of sp³-hybridized carbons (Fsp3) is 0.458. The molecule has 3 rings (SSSR count). The van der Waals surface area contributed by atoms with E-state index in [9.17, 15) is 18.3 Å². The number of Topliss-reactive ketones (excluding diaryl/α,β-unsaturated/α-hetero) is 1. The summed E-state index contributed by atoms with van der Waals surface area (Å²) in [6, 6.07) is 14.6. The van der Waals surface area contributed by atoms with Gasteiger partial charge in [0.25, 0.3) is 0 Å². The zero-order valence-electron chi connectivity index (χ0n) is 17.6. The summed E-state index contributed by atoms with van der Waals surface area (Å²) in [6.45, 7) is 3.56. The van der Waals surface area contributed by atoms with Crippen LogP contribution in [0.4, 0.5) is 0 Å². The highest BCUT2D eigenvalue weighted by molar-refractivity contribution is 7.89. The van der Waals surface area contributed by atoms with Crippen molar-refractivity contribution in [2.45, 2.75) is 63.0 Å². The van der Waals surface area contributed by atoms with Gasteiger partial charge in [0.05, 0.1) is 16.9 Å². The molecule has 1 aliphatic carbocycles. The number of ketones is 1. The molecule has 0 radical (unpaired) electrons. The van der Waals surface area contributed by atoms with Gasteiger partial charge < -0.3 is 5.11 Å². The van der Waals surface area contributed by atoms with E-state index in [1.54, 1.807) is 55.5 Å². The lowest BCUT2D eigenvalue weighted by Gasteiger charge is -2.34.